The first-order valence-corrected chi connectivity index (χ1v) is 5.15. The molecule has 0 aliphatic carbocycles. The van der Waals surface area contributed by atoms with Gasteiger partial charge in [0.25, 0.3) is 0 Å². The zero-order valence-electron chi connectivity index (χ0n) is 8.74. The second-order valence-electron chi connectivity index (χ2n) is 3.54. The average Bonchev–Trinajstić information content (AvgIpc) is 2.26. The third kappa shape index (κ3) is 2.71. The molecule has 14 heavy (non-hydrogen) atoms. The molecule has 1 heteroatoms. The van der Waals surface area contributed by atoms with Crippen LogP contribution in [0.25, 0.3) is 6.08 Å². The minimum atomic E-state index is 0.237. The van der Waals surface area contributed by atoms with Crippen LogP contribution in [0.4, 0.5) is 0 Å². The highest BCUT2D eigenvalue weighted by molar-refractivity contribution is 5.47. The number of aliphatic hydroxyl groups excluding tert-OH is 1. The van der Waals surface area contributed by atoms with Crippen LogP contribution in [0.3, 0.4) is 0 Å². The molecule has 0 fully saturated rings. The van der Waals surface area contributed by atoms with Crippen LogP contribution in [-0.4, -0.2) is 11.7 Å². The van der Waals surface area contributed by atoms with Gasteiger partial charge in [0.1, 0.15) is 0 Å². The summed E-state index contributed by atoms with van der Waals surface area (Å²) in [4.78, 5) is 0. The van der Waals surface area contributed by atoms with Crippen molar-refractivity contribution in [1.29, 1.82) is 0 Å². The number of hydrogen-bond donors (Lipinski definition) is 1. The Morgan fingerprint density at radius 2 is 2.00 bits per heavy atom. The maximum Gasteiger partial charge on any atom is 0.0499 e. The molecule has 0 heterocycles. The number of rotatable bonds is 5. The second kappa shape index (κ2) is 5.61. The third-order valence-corrected chi connectivity index (χ3v) is 2.50. The number of benzene rings is 1. The molecule has 0 amide bonds. The maximum absolute atomic E-state index is 9.22. The molecule has 1 aromatic rings. The Morgan fingerprint density at radius 3 is 2.43 bits per heavy atom. The number of aliphatic hydroxyl groups is 1. The van der Waals surface area contributed by atoms with Gasteiger partial charge in [0.15, 0.2) is 0 Å². The van der Waals surface area contributed by atoms with Crippen LogP contribution >= 0.6 is 0 Å². The zero-order chi connectivity index (χ0) is 10.4. The second-order valence-corrected chi connectivity index (χ2v) is 3.54. The molecule has 1 unspecified atom stereocenters. The first-order valence-electron chi connectivity index (χ1n) is 5.15. The highest BCUT2D eigenvalue weighted by Gasteiger charge is 2.08. The monoisotopic (exact) mass is 190 g/mol. The standard InChI is InChI=1S/C13H18O/c1-3-5-13(10-14)12-8-6-11(4-2)7-9-12/h4,6-9,13-14H,2-3,5,10H2,1H3. The van der Waals surface area contributed by atoms with Gasteiger partial charge in [-0.1, -0.05) is 50.3 Å². The van der Waals surface area contributed by atoms with Gasteiger partial charge in [-0.15, -0.1) is 0 Å². The van der Waals surface area contributed by atoms with Gasteiger partial charge in [0, 0.05) is 12.5 Å². The topological polar surface area (TPSA) is 20.2 Å². The molecule has 1 aromatic carbocycles. The molecule has 1 atom stereocenters. The molecule has 1 nitrogen and oxygen atoms in total. The van der Waals surface area contributed by atoms with Crippen molar-refractivity contribution in [2.75, 3.05) is 6.61 Å². The predicted octanol–water partition coefficient (Wildman–Crippen LogP) is 3.21. The summed E-state index contributed by atoms with van der Waals surface area (Å²) < 4.78 is 0. The Hall–Kier alpha value is -1.08. The fraction of sp³-hybridized carbons (Fsp3) is 0.385. The quantitative estimate of drug-likeness (QED) is 0.756. The van der Waals surface area contributed by atoms with Crippen molar-refractivity contribution in [1.82, 2.24) is 0 Å². The van der Waals surface area contributed by atoms with E-state index in [9.17, 15) is 5.11 Å². The predicted molar refractivity (Wildman–Crippen MR) is 61.3 cm³/mol. The normalized spacial score (nSPS) is 12.4. The number of hydrogen-bond acceptors (Lipinski definition) is 1. The summed E-state index contributed by atoms with van der Waals surface area (Å²) in [5.41, 5.74) is 2.35. The summed E-state index contributed by atoms with van der Waals surface area (Å²) in [5, 5.41) is 9.22. The maximum atomic E-state index is 9.22. The van der Waals surface area contributed by atoms with Crippen molar-refractivity contribution in [2.24, 2.45) is 0 Å². The molecule has 0 bridgehead atoms. The zero-order valence-corrected chi connectivity index (χ0v) is 8.74. The van der Waals surface area contributed by atoms with Crippen molar-refractivity contribution < 1.29 is 5.11 Å². The van der Waals surface area contributed by atoms with E-state index in [-0.39, 0.29) is 6.61 Å². The van der Waals surface area contributed by atoms with Crippen molar-refractivity contribution in [3.05, 3.63) is 42.0 Å². The van der Waals surface area contributed by atoms with E-state index in [0.717, 1.165) is 18.4 Å². The van der Waals surface area contributed by atoms with Crippen LogP contribution in [0.5, 0.6) is 0 Å². The lowest BCUT2D eigenvalue weighted by Crippen LogP contribution is -2.03. The Balaban J connectivity index is 2.77. The molecule has 0 aliphatic heterocycles. The summed E-state index contributed by atoms with van der Waals surface area (Å²) in [6.07, 6.45) is 3.98. The average molecular weight is 190 g/mol. The van der Waals surface area contributed by atoms with Gasteiger partial charge in [-0.25, -0.2) is 0 Å². The largest absolute Gasteiger partial charge is 0.396 e. The van der Waals surface area contributed by atoms with Crippen molar-refractivity contribution in [3.63, 3.8) is 0 Å². The highest BCUT2D eigenvalue weighted by atomic mass is 16.3. The van der Waals surface area contributed by atoms with E-state index < -0.39 is 0 Å². The molecular weight excluding hydrogens is 172 g/mol. The van der Waals surface area contributed by atoms with E-state index in [1.54, 1.807) is 0 Å². The Kier molecular flexibility index (Phi) is 4.41. The molecule has 1 rings (SSSR count). The van der Waals surface area contributed by atoms with Gasteiger partial charge in [-0.3, -0.25) is 0 Å². The van der Waals surface area contributed by atoms with Crippen LogP contribution in [0.2, 0.25) is 0 Å². The van der Waals surface area contributed by atoms with Gasteiger partial charge in [0.05, 0.1) is 0 Å². The Labute approximate surface area is 86.1 Å². The van der Waals surface area contributed by atoms with Crippen molar-refractivity contribution in [2.45, 2.75) is 25.7 Å². The molecule has 0 radical (unpaired) electrons. The van der Waals surface area contributed by atoms with Crippen LogP contribution in [0.1, 0.15) is 36.8 Å². The molecule has 76 valence electrons. The Bertz CT molecular complexity index is 274. The van der Waals surface area contributed by atoms with E-state index in [0.29, 0.717) is 5.92 Å². The summed E-state index contributed by atoms with van der Waals surface area (Å²) in [6.45, 7) is 6.09. The summed E-state index contributed by atoms with van der Waals surface area (Å²) >= 11 is 0. The molecule has 0 aromatic heterocycles. The molecule has 0 saturated heterocycles. The highest BCUT2D eigenvalue weighted by Crippen LogP contribution is 2.21. The lowest BCUT2D eigenvalue weighted by Gasteiger charge is -2.13. The molecule has 1 N–H and O–H groups in total. The summed E-state index contributed by atoms with van der Waals surface area (Å²) in [5.74, 6) is 0.291. The lowest BCUT2D eigenvalue weighted by atomic mass is 9.94. The minimum Gasteiger partial charge on any atom is -0.396 e. The van der Waals surface area contributed by atoms with Gasteiger partial charge < -0.3 is 5.11 Å². The lowest BCUT2D eigenvalue weighted by molar-refractivity contribution is 0.258. The van der Waals surface area contributed by atoms with E-state index in [2.05, 4.69) is 25.6 Å². The van der Waals surface area contributed by atoms with E-state index in [1.165, 1.54) is 5.56 Å². The van der Waals surface area contributed by atoms with E-state index >= 15 is 0 Å². The molecular formula is C13H18O. The van der Waals surface area contributed by atoms with Crippen LogP contribution in [-0.2, 0) is 0 Å². The molecule has 0 saturated carbocycles. The van der Waals surface area contributed by atoms with Crippen molar-refractivity contribution in [3.8, 4) is 0 Å². The fourth-order valence-corrected chi connectivity index (χ4v) is 1.62. The van der Waals surface area contributed by atoms with Crippen LogP contribution in [0.15, 0.2) is 30.8 Å². The van der Waals surface area contributed by atoms with E-state index in [1.807, 2.05) is 18.2 Å². The van der Waals surface area contributed by atoms with Gasteiger partial charge in [-0.2, -0.15) is 0 Å². The van der Waals surface area contributed by atoms with Crippen molar-refractivity contribution >= 4 is 6.08 Å². The first-order chi connectivity index (χ1) is 6.81. The third-order valence-electron chi connectivity index (χ3n) is 2.50. The van der Waals surface area contributed by atoms with Gasteiger partial charge in [0.2, 0.25) is 0 Å². The summed E-state index contributed by atoms with van der Waals surface area (Å²) in [6, 6.07) is 8.24. The molecule has 0 aliphatic rings. The van der Waals surface area contributed by atoms with Gasteiger partial charge >= 0.3 is 0 Å². The first kappa shape index (κ1) is 11.0. The SMILES string of the molecule is C=Cc1ccc(C(CO)CCC)cc1. The fourth-order valence-electron chi connectivity index (χ4n) is 1.62. The smallest absolute Gasteiger partial charge is 0.0499 e. The molecule has 0 spiro atoms. The summed E-state index contributed by atoms with van der Waals surface area (Å²) in [7, 11) is 0. The Morgan fingerprint density at radius 1 is 1.36 bits per heavy atom. The minimum absolute atomic E-state index is 0.237. The van der Waals surface area contributed by atoms with Crippen LogP contribution in [0, 0.1) is 0 Å². The van der Waals surface area contributed by atoms with Gasteiger partial charge in [-0.05, 0) is 17.5 Å². The van der Waals surface area contributed by atoms with E-state index in [4.69, 9.17) is 0 Å². The van der Waals surface area contributed by atoms with Crippen LogP contribution < -0.4 is 0 Å².